The second-order valence-electron chi connectivity index (χ2n) is 6.06. The molecule has 1 N–H and O–H groups in total. The van der Waals surface area contributed by atoms with Crippen molar-refractivity contribution >= 4 is 23.4 Å². The minimum absolute atomic E-state index is 0.107. The van der Waals surface area contributed by atoms with Gasteiger partial charge >= 0.3 is 0 Å². The van der Waals surface area contributed by atoms with Crippen molar-refractivity contribution in [3.63, 3.8) is 0 Å². The molecule has 0 aromatic heterocycles. The first-order chi connectivity index (χ1) is 11.0. The van der Waals surface area contributed by atoms with Crippen LogP contribution >= 0.6 is 11.6 Å². The topological polar surface area (TPSA) is 64.1 Å². The summed E-state index contributed by atoms with van der Waals surface area (Å²) in [7, 11) is 1.58. The normalized spacial score (nSPS) is 25.7. The Labute approximate surface area is 140 Å². The number of nitrogens with zero attached hydrogens (tertiary/aromatic N) is 3. The number of hydrogen-bond acceptors (Lipinski definition) is 4. The summed E-state index contributed by atoms with van der Waals surface area (Å²) < 4.78 is 0. The molecule has 1 aromatic rings. The number of amides is 2. The van der Waals surface area contributed by atoms with E-state index in [0.717, 1.165) is 12.1 Å². The Morgan fingerprint density at radius 3 is 2.52 bits per heavy atom. The van der Waals surface area contributed by atoms with E-state index in [2.05, 4.69) is 4.90 Å². The molecule has 6 nitrogen and oxygen atoms in total. The fraction of sp³-hybridized carbons (Fsp3) is 0.500. The quantitative estimate of drug-likeness (QED) is 0.855. The molecule has 7 heteroatoms. The van der Waals surface area contributed by atoms with Gasteiger partial charge in [0.25, 0.3) is 0 Å². The Hall–Kier alpha value is -1.63. The maximum absolute atomic E-state index is 12.5. The number of aliphatic hydroxyl groups excluding tert-OH is 1. The van der Waals surface area contributed by atoms with Gasteiger partial charge in [-0.25, -0.2) is 0 Å². The minimum Gasteiger partial charge on any atom is -0.394 e. The molecule has 0 aliphatic carbocycles. The Morgan fingerprint density at radius 1 is 1.17 bits per heavy atom. The van der Waals surface area contributed by atoms with Gasteiger partial charge in [-0.3, -0.25) is 14.5 Å². The highest BCUT2D eigenvalue weighted by molar-refractivity contribution is 6.30. The van der Waals surface area contributed by atoms with E-state index in [0.29, 0.717) is 24.7 Å². The standard InChI is InChI=1S/C16H20ClN3O3/c1-18-14(10-21)16(23)20-7-6-19(9-13(20)15(18)22)8-11-2-4-12(17)5-3-11/h2-5,13-14,21H,6-10H2,1H3/t13-,14+/m1/s1. The maximum atomic E-state index is 12.5. The van der Waals surface area contributed by atoms with Gasteiger partial charge in [0.2, 0.25) is 11.8 Å². The molecule has 3 rings (SSSR count). The average Bonchev–Trinajstić information content (AvgIpc) is 2.55. The predicted octanol–water partition coefficient (Wildman–Crippen LogP) is 0.186. The molecule has 0 saturated carbocycles. The number of carbonyl (C=O) groups is 2. The van der Waals surface area contributed by atoms with Gasteiger partial charge in [0.05, 0.1) is 6.61 Å². The summed E-state index contributed by atoms with van der Waals surface area (Å²) >= 11 is 5.90. The molecule has 2 heterocycles. The Bertz CT molecular complexity index is 607. The number of likely N-dealkylation sites (N-methyl/N-ethyl adjacent to an activating group) is 1. The van der Waals surface area contributed by atoms with Crippen molar-refractivity contribution in [1.82, 2.24) is 14.7 Å². The van der Waals surface area contributed by atoms with Crippen molar-refractivity contribution < 1.29 is 14.7 Å². The lowest BCUT2D eigenvalue weighted by Gasteiger charge is -2.48. The van der Waals surface area contributed by atoms with Crippen molar-refractivity contribution in [1.29, 1.82) is 0 Å². The zero-order chi connectivity index (χ0) is 16.6. The van der Waals surface area contributed by atoms with Crippen molar-refractivity contribution in [2.45, 2.75) is 18.6 Å². The maximum Gasteiger partial charge on any atom is 0.248 e. The summed E-state index contributed by atoms with van der Waals surface area (Å²) in [6.45, 7) is 2.11. The highest BCUT2D eigenvalue weighted by Gasteiger charge is 2.46. The Morgan fingerprint density at radius 2 is 1.87 bits per heavy atom. The summed E-state index contributed by atoms with van der Waals surface area (Å²) in [5.74, 6) is -0.268. The molecule has 0 radical (unpaired) electrons. The van der Waals surface area contributed by atoms with Crippen LogP contribution in [0.25, 0.3) is 0 Å². The number of rotatable bonds is 3. The molecule has 23 heavy (non-hydrogen) atoms. The van der Waals surface area contributed by atoms with E-state index in [-0.39, 0.29) is 18.4 Å². The van der Waals surface area contributed by atoms with Crippen molar-refractivity contribution in [3.05, 3.63) is 34.9 Å². The van der Waals surface area contributed by atoms with E-state index < -0.39 is 12.1 Å². The molecule has 0 unspecified atom stereocenters. The fourth-order valence-corrected chi connectivity index (χ4v) is 3.38. The van der Waals surface area contributed by atoms with Crippen LogP contribution in [-0.4, -0.2) is 77.0 Å². The Kier molecular flexibility index (Phi) is 4.57. The minimum atomic E-state index is -0.749. The van der Waals surface area contributed by atoms with Crippen molar-refractivity contribution in [2.24, 2.45) is 0 Å². The van der Waals surface area contributed by atoms with Crippen LogP contribution in [0.1, 0.15) is 5.56 Å². The SMILES string of the molecule is CN1C(=O)[C@H]2CN(Cc3ccc(Cl)cc3)CCN2C(=O)[C@@H]1CO. The third-order valence-electron chi connectivity index (χ3n) is 4.63. The molecule has 2 amide bonds. The van der Waals surface area contributed by atoms with Gasteiger partial charge in [0.1, 0.15) is 12.1 Å². The third-order valence-corrected chi connectivity index (χ3v) is 4.88. The lowest BCUT2D eigenvalue weighted by atomic mass is 10.0. The lowest BCUT2D eigenvalue weighted by molar-refractivity contribution is -0.165. The number of hydrogen-bond donors (Lipinski definition) is 1. The van der Waals surface area contributed by atoms with Crippen LogP contribution in [0.15, 0.2) is 24.3 Å². The largest absolute Gasteiger partial charge is 0.394 e. The number of fused-ring (bicyclic) bond motifs is 1. The first kappa shape index (κ1) is 16.2. The Balaban J connectivity index is 1.71. The molecule has 0 spiro atoms. The van der Waals surface area contributed by atoms with Gasteiger partial charge in [-0.2, -0.15) is 0 Å². The predicted molar refractivity (Wildman–Crippen MR) is 85.9 cm³/mol. The zero-order valence-corrected chi connectivity index (χ0v) is 13.7. The molecule has 124 valence electrons. The first-order valence-electron chi connectivity index (χ1n) is 7.66. The smallest absolute Gasteiger partial charge is 0.248 e. The van der Waals surface area contributed by atoms with Gasteiger partial charge in [-0.15, -0.1) is 0 Å². The lowest BCUT2D eigenvalue weighted by Crippen LogP contribution is -2.69. The molecular formula is C16H20ClN3O3. The van der Waals surface area contributed by atoms with Gasteiger partial charge in [-0.05, 0) is 17.7 Å². The summed E-state index contributed by atoms with van der Waals surface area (Å²) in [6.07, 6.45) is 0. The average molecular weight is 338 g/mol. The summed E-state index contributed by atoms with van der Waals surface area (Å²) in [4.78, 5) is 30.0. The highest BCUT2D eigenvalue weighted by atomic mass is 35.5. The second kappa shape index (κ2) is 6.47. The highest BCUT2D eigenvalue weighted by Crippen LogP contribution is 2.22. The van der Waals surface area contributed by atoms with Crippen LogP contribution in [0.5, 0.6) is 0 Å². The summed E-state index contributed by atoms with van der Waals surface area (Å²) in [6, 6.07) is 6.43. The summed E-state index contributed by atoms with van der Waals surface area (Å²) in [5.41, 5.74) is 1.12. The van der Waals surface area contributed by atoms with Crippen LogP contribution < -0.4 is 0 Å². The second-order valence-corrected chi connectivity index (χ2v) is 6.49. The van der Waals surface area contributed by atoms with E-state index in [1.807, 2.05) is 24.3 Å². The molecule has 0 bridgehead atoms. The van der Waals surface area contributed by atoms with Gasteiger partial charge in [0.15, 0.2) is 0 Å². The number of carbonyl (C=O) groups excluding carboxylic acids is 2. The molecule has 2 atom stereocenters. The van der Waals surface area contributed by atoms with Crippen LogP contribution in [0.2, 0.25) is 5.02 Å². The zero-order valence-electron chi connectivity index (χ0n) is 13.0. The van der Waals surface area contributed by atoms with E-state index in [1.165, 1.54) is 4.90 Å². The van der Waals surface area contributed by atoms with Gasteiger partial charge in [-0.1, -0.05) is 23.7 Å². The van der Waals surface area contributed by atoms with E-state index in [1.54, 1.807) is 11.9 Å². The van der Waals surface area contributed by atoms with Gasteiger partial charge in [0, 0.05) is 38.2 Å². The van der Waals surface area contributed by atoms with Gasteiger partial charge < -0.3 is 14.9 Å². The first-order valence-corrected chi connectivity index (χ1v) is 8.04. The van der Waals surface area contributed by atoms with Crippen molar-refractivity contribution in [2.75, 3.05) is 33.3 Å². The van der Waals surface area contributed by atoms with Crippen LogP contribution in [0.4, 0.5) is 0 Å². The number of piperazine rings is 2. The van der Waals surface area contributed by atoms with Crippen LogP contribution in [0, 0.1) is 0 Å². The van der Waals surface area contributed by atoms with E-state index in [4.69, 9.17) is 11.6 Å². The van der Waals surface area contributed by atoms with E-state index in [9.17, 15) is 14.7 Å². The molecule has 2 fully saturated rings. The van der Waals surface area contributed by atoms with E-state index >= 15 is 0 Å². The molecule has 2 saturated heterocycles. The molecule has 2 aliphatic rings. The number of benzene rings is 1. The third kappa shape index (κ3) is 3.06. The van der Waals surface area contributed by atoms with Crippen LogP contribution in [0.3, 0.4) is 0 Å². The molecule has 1 aromatic carbocycles. The van der Waals surface area contributed by atoms with Crippen LogP contribution in [-0.2, 0) is 16.1 Å². The number of halogens is 1. The fourth-order valence-electron chi connectivity index (χ4n) is 3.25. The molecular weight excluding hydrogens is 318 g/mol. The monoisotopic (exact) mass is 337 g/mol. The van der Waals surface area contributed by atoms with Crippen molar-refractivity contribution in [3.8, 4) is 0 Å². The summed E-state index contributed by atoms with van der Waals surface area (Å²) in [5, 5.41) is 10.0. The number of aliphatic hydroxyl groups is 1. The molecule has 2 aliphatic heterocycles.